The minimum Gasteiger partial charge on any atom is -0.353 e. The van der Waals surface area contributed by atoms with Crippen LogP contribution in [0.3, 0.4) is 0 Å². The molecule has 0 saturated carbocycles. The molecule has 4 nitrogen and oxygen atoms in total. The van der Waals surface area contributed by atoms with Crippen LogP contribution in [-0.4, -0.2) is 29.3 Å². The molecule has 1 saturated heterocycles. The van der Waals surface area contributed by atoms with Gasteiger partial charge in [0, 0.05) is 13.0 Å². The molecule has 0 radical (unpaired) electrons. The summed E-state index contributed by atoms with van der Waals surface area (Å²) >= 11 is 0. The quantitative estimate of drug-likeness (QED) is 0.282. The van der Waals surface area contributed by atoms with E-state index in [1.165, 1.54) is 0 Å². The zero-order valence-corrected chi connectivity index (χ0v) is 4.52. The van der Waals surface area contributed by atoms with E-state index in [1.54, 1.807) is 0 Å². The Morgan fingerprint density at radius 3 is 2.38 bits per heavy atom. The molecule has 4 N–H and O–H groups in total. The standard InChI is InChI=1S/C4H10N2O2/c7-4(8)1-2-5-3-6-4/h5-8H,1-3H2. The third-order valence-corrected chi connectivity index (χ3v) is 1.15. The molecule has 0 aromatic carbocycles. The highest BCUT2D eigenvalue weighted by molar-refractivity contribution is 4.67. The largest absolute Gasteiger partial charge is 0.353 e. The third kappa shape index (κ3) is 1.41. The lowest BCUT2D eigenvalue weighted by Gasteiger charge is -2.27. The van der Waals surface area contributed by atoms with Gasteiger partial charge in [-0.25, -0.2) is 0 Å². The fraction of sp³-hybridized carbons (Fsp3) is 1.00. The maximum absolute atomic E-state index is 8.78. The molecule has 1 aliphatic heterocycles. The fourth-order valence-corrected chi connectivity index (χ4v) is 0.644. The van der Waals surface area contributed by atoms with E-state index in [0.29, 0.717) is 19.6 Å². The first-order valence-electron chi connectivity index (χ1n) is 2.61. The van der Waals surface area contributed by atoms with Crippen molar-refractivity contribution in [1.82, 2.24) is 10.6 Å². The summed E-state index contributed by atoms with van der Waals surface area (Å²) in [6.07, 6.45) is 0.340. The Morgan fingerprint density at radius 2 is 2.12 bits per heavy atom. The zero-order valence-electron chi connectivity index (χ0n) is 4.52. The highest BCUT2D eigenvalue weighted by atomic mass is 16.5. The summed E-state index contributed by atoms with van der Waals surface area (Å²) in [5.74, 6) is -1.63. The maximum Gasteiger partial charge on any atom is 0.224 e. The van der Waals surface area contributed by atoms with Crippen LogP contribution in [0.4, 0.5) is 0 Å². The van der Waals surface area contributed by atoms with Crippen molar-refractivity contribution >= 4 is 0 Å². The molecule has 1 rings (SSSR count). The van der Waals surface area contributed by atoms with Gasteiger partial charge in [0.2, 0.25) is 5.91 Å². The summed E-state index contributed by atoms with van der Waals surface area (Å²) in [7, 11) is 0. The minimum absolute atomic E-state index is 0.340. The molecule has 0 bridgehead atoms. The topological polar surface area (TPSA) is 64.5 Å². The Labute approximate surface area is 47.5 Å². The van der Waals surface area contributed by atoms with Gasteiger partial charge in [-0.3, -0.25) is 5.32 Å². The van der Waals surface area contributed by atoms with E-state index in [9.17, 15) is 0 Å². The second-order valence-electron chi connectivity index (χ2n) is 1.92. The molecule has 0 unspecified atom stereocenters. The first-order valence-corrected chi connectivity index (χ1v) is 2.61. The van der Waals surface area contributed by atoms with Gasteiger partial charge in [-0.05, 0) is 0 Å². The van der Waals surface area contributed by atoms with Crippen molar-refractivity contribution in [2.45, 2.75) is 12.3 Å². The SMILES string of the molecule is OC1(O)CCNCN1. The first-order chi connectivity index (χ1) is 3.71. The van der Waals surface area contributed by atoms with Crippen LogP contribution in [0.5, 0.6) is 0 Å². The second-order valence-corrected chi connectivity index (χ2v) is 1.92. The number of aliphatic hydroxyl groups is 2. The van der Waals surface area contributed by atoms with E-state index in [1.807, 2.05) is 0 Å². The molecule has 0 spiro atoms. The summed E-state index contributed by atoms with van der Waals surface area (Å²) in [6.45, 7) is 1.12. The molecule has 48 valence electrons. The molecule has 0 amide bonds. The van der Waals surface area contributed by atoms with Crippen LogP contribution in [-0.2, 0) is 0 Å². The Hall–Kier alpha value is -0.160. The average molecular weight is 118 g/mol. The molecule has 1 heterocycles. The molecule has 0 aliphatic carbocycles. The van der Waals surface area contributed by atoms with Gasteiger partial charge in [0.05, 0.1) is 6.67 Å². The summed E-state index contributed by atoms with van der Waals surface area (Å²) in [5.41, 5.74) is 0. The number of hydrogen-bond acceptors (Lipinski definition) is 4. The van der Waals surface area contributed by atoms with Gasteiger partial charge in [0.25, 0.3) is 0 Å². The van der Waals surface area contributed by atoms with Crippen LogP contribution in [0.25, 0.3) is 0 Å². The van der Waals surface area contributed by atoms with Crippen molar-refractivity contribution in [1.29, 1.82) is 0 Å². The van der Waals surface area contributed by atoms with E-state index < -0.39 is 5.91 Å². The molecular formula is C4H10N2O2. The van der Waals surface area contributed by atoms with Crippen LogP contribution < -0.4 is 10.6 Å². The molecule has 0 aromatic rings. The summed E-state index contributed by atoms with van der Waals surface area (Å²) in [6, 6.07) is 0. The third-order valence-electron chi connectivity index (χ3n) is 1.15. The van der Waals surface area contributed by atoms with E-state index >= 15 is 0 Å². The van der Waals surface area contributed by atoms with Gasteiger partial charge in [-0.15, -0.1) is 0 Å². The number of rotatable bonds is 0. The van der Waals surface area contributed by atoms with Gasteiger partial charge in [-0.1, -0.05) is 0 Å². The normalized spacial score (nSPS) is 27.8. The summed E-state index contributed by atoms with van der Waals surface area (Å²) < 4.78 is 0. The van der Waals surface area contributed by atoms with Crippen LogP contribution >= 0.6 is 0 Å². The van der Waals surface area contributed by atoms with Crippen LogP contribution in [0.2, 0.25) is 0 Å². The van der Waals surface area contributed by atoms with E-state index in [4.69, 9.17) is 10.2 Å². The van der Waals surface area contributed by atoms with Crippen molar-refractivity contribution < 1.29 is 10.2 Å². The Morgan fingerprint density at radius 1 is 1.38 bits per heavy atom. The number of nitrogens with one attached hydrogen (secondary N) is 2. The lowest BCUT2D eigenvalue weighted by Crippen LogP contribution is -2.55. The van der Waals surface area contributed by atoms with Gasteiger partial charge in [0.1, 0.15) is 0 Å². The number of hydrogen-bond donors (Lipinski definition) is 4. The van der Waals surface area contributed by atoms with Gasteiger partial charge in [-0.2, -0.15) is 0 Å². The highest BCUT2D eigenvalue weighted by Gasteiger charge is 2.23. The predicted octanol–water partition coefficient (Wildman–Crippen LogP) is -1.83. The molecular weight excluding hydrogens is 108 g/mol. The van der Waals surface area contributed by atoms with Crippen molar-refractivity contribution in [3.63, 3.8) is 0 Å². The lowest BCUT2D eigenvalue weighted by atomic mass is 10.3. The van der Waals surface area contributed by atoms with Crippen LogP contribution in [0, 0.1) is 0 Å². The van der Waals surface area contributed by atoms with Crippen LogP contribution in [0.1, 0.15) is 6.42 Å². The molecule has 0 aromatic heterocycles. The smallest absolute Gasteiger partial charge is 0.224 e. The monoisotopic (exact) mass is 118 g/mol. The molecule has 1 fully saturated rings. The van der Waals surface area contributed by atoms with Crippen molar-refractivity contribution in [2.24, 2.45) is 0 Å². The minimum atomic E-state index is -1.63. The van der Waals surface area contributed by atoms with E-state index in [2.05, 4.69) is 10.6 Å². The van der Waals surface area contributed by atoms with E-state index in [-0.39, 0.29) is 0 Å². The Balaban J connectivity index is 2.33. The van der Waals surface area contributed by atoms with Crippen molar-refractivity contribution in [3.05, 3.63) is 0 Å². The van der Waals surface area contributed by atoms with Gasteiger partial charge >= 0.3 is 0 Å². The zero-order chi connectivity index (χ0) is 6.04. The van der Waals surface area contributed by atoms with Gasteiger partial charge < -0.3 is 15.5 Å². The molecule has 1 aliphatic rings. The molecule has 0 atom stereocenters. The van der Waals surface area contributed by atoms with Crippen LogP contribution in [0.15, 0.2) is 0 Å². The average Bonchev–Trinajstić information content (AvgIpc) is 1.65. The second kappa shape index (κ2) is 1.99. The summed E-state index contributed by atoms with van der Waals surface area (Å²) in [4.78, 5) is 0. The molecule has 8 heavy (non-hydrogen) atoms. The predicted molar refractivity (Wildman–Crippen MR) is 27.8 cm³/mol. The van der Waals surface area contributed by atoms with Crippen molar-refractivity contribution in [3.8, 4) is 0 Å². The lowest BCUT2D eigenvalue weighted by molar-refractivity contribution is -0.198. The first kappa shape index (κ1) is 5.97. The maximum atomic E-state index is 8.78. The van der Waals surface area contributed by atoms with Crippen molar-refractivity contribution in [2.75, 3.05) is 13.2 Å². The highest BCUT2D eigenvalue weighted by Crippen LogP contribution is 2.00. The Bertz CT molecular complexity index is 76.1. The van der Waals surface area contributed by atoms with Gasteiger partial charge in [0.15, 0.2) is 0 Å². The summed E-state index contributed by atoms with van der Waals surface area (Å²) in [5, 5.41) is 22.9. The Kier molecular flexibility index (Phi) is 1.48. The van der Waals surface area contributed by atoms with E-state index in [0.717, 1.165) is 0 Å². The molecule has 4 heteroatoms. The fourth-order valence-electron chi connectivity index (χ4n) is 0.644.